The molecule has 21 heavy (non-hydrogen) atoms. The summed E-state index contributed by atoms with van der Waals surface area (Å²) in [6.07, 6.45) is 4.95. The molecular weight excluding hydrogens is 282 g/mol. The highest BCUT2D eigenvalue weighted by atomic mass is 31.1. The maximum Gasteiger partial charge on any atom is 0.166 e. The van der Waals surface area contributed by atoms with Crippen LogP contribution in [0.25, 0.3) is 0 Å². The van der Waals surface area contributed by atoms with Crippen LogP contribution in [0.5, 0.6) is 0 Å². The molecule has 1 aliphatic carbocycles. The fourth-order valence-corrected chi connectivity index (χ4v) is 3.06. The van der Waals surface area contributed by atoms with Crippen molar-refractivity contribution in [1.29, 1.82) is 0 Å². The maximum atomic E-state index is 12.3. The third-order valence-electron chi connectivity index (χ3n) is 3.59. The van der Waals surface area contributed by atoms with Crippen LogP contribution in [0.4, 0.5) is 0 Å². The SMILES string of the molecule is [B]P(C)OC1=CCC(=O)C(=C(C)CCCC(C)C)[C@@H]1OC. The summed E-state index contributed by atoms with van der Waals surface area (Å²) in [4.78, 5) is 12.3. The number of methoxy groups -OCH3 is 1. The number of ether oxygens (including phenoxy) is 1. The molecule has 3 nitrogen and oxygen atoms in total. The molecule has 1 rings (SSSR count). The zero-order valence-electron chi connectivity index (χ0n) is 13.8. The molecule has 1 aliphatic rings. The van der Waals surface area contributed by atoms with E-state index in [0.29, 0.717) is 18.1 Å². The summed E-state index contributed by atoms with van der Waals surface area (Å²) in [5.41, 5.74) is 1.87. The summed E-state index contributed by atoms with van der Waals surface area (Å²) in [5, 5.41) is 0. The quantitative estimate of drug-likeness (QED) is 0.403. The lowest BCUT2D eigenvalue weighted by atomic mass is 9.89. The molecule has 1 unspecified atom stereocenters. The smallest absolute Gasteiger partial charge is 0.166 e. The Hall–Kier alpha value is -0.595. The van der Waals surface area contributed by atoms with Crippen LogP contribution in [0.1, 0.15) is 46.5 Å². The average Bonchev–Trinajstić information content (AvgIpc) is 2.39. The molecule has 0 saturated heterocycles. The van der Waals surface area contributed by atoms with Gasteiger partial charge < -0.3 is 9.26 Å². The van der Waals surface area contributed by atoms with Crippen molar-refractivity contribution in [2.75, 3.05) is 13.8 Å². The Kier molecular flexibility index (Phi) is 7.69. The van der Waals surface area contributed by atoms with Gasteiger partial charge in [-0.3, -0.25) is 4.79 Å². The molecule has 0 saturated carbocycles. The van der Waals surface area contributed by atoms with Gasteiger partial charge in [-0.1, -0.05) is 25.8 Å². The van der Waals surface area contributed by atoms with Gasteiger partial charge in [-0.25, -0.2) is 0 Å². The van der Waals surface area contributed by atoms with Gasteiger partial charge in [0.05, 0.1) is 0 Å². The molecule has 0 fully saturated rings. The lowest BCUT2D eigenvalue weighted by Gasteiger charge is -2.28. The third kappa shape index (κ3) is 5.60. The number of Topliss-reactive ketones (excluding diaryl/α,β-unsaturated/α-hetero) is 1. The largest absolute Gasteiger partial charge is 0.487 e. The monoisotopic (exact) mass is 308 g/mol. The predicted molar refractivity (Wildman–Crippen MR) is 89.6 cm³/mol. The molecule has 0 aromatic carbocycles. The standard InChI is InChI=1S/C16H26BO3P/c1-11(2)7-6-8-12(3)15-13(18)9-10-14(16(15)19-4)20-21(5)17/h10-11,16H,6-9H2,1-5H3/t16-,21?/m1/s1. The van der Waals surface area contributed by atoms with Crippen molar-refractivity contribution in [2.24, 2.45) is 5.92 Å². The summed E-state index contributed by atoms with van der Waals surface area (Å²) >= 11 is 0. The van der Waals surface area contributed by atoms with Gasteiger partial charge >= 0.3 is 0 Å². The fourth-order valence-electron chi connectivity index (χ4n) is 2.56. The normalized spacial score (nSPS) is 23.0. The minimum absolute atomic E-state index is 0.133. The van der Waals surface area contributed by atoms with Crippen LogP contribution in [0, 0.1) is 5.92 Å². The molecule has 2 radical (unpaired) electrons. The van der Waals surface area contributed by atoms with Crippen molar-refractivity contribution in [3.63, 3.8) is 0 Å². The first-order valence-corrected chi connectivity index (χ1v) is 9.26. The van der Waals surface area contributed by atoms with Gasteiger partial charge in [0, 0.05) is 27.1 Å². The van der Waals surface area contributed by atoms with Crippen LogP contribution >= 0.6 is 8.03 Å². The Morgan fingerprint density at radius 3 is 2.71 bits per heavy atom. The highest BCUT2D eigenvalue weighted by molar-refractivity contribution is 7.77. The zero-order chi connectivity index (χ0) is 16.0. The van der Waals surface area contributed by atoms with E-state index >= 15 is 0 Å². The van der Waals surface area contributed by atoms with Crippen LogP contribution in [-0.4, -0.2) is 33.2 Å². The number of carbonyl (C=O) groups excluding carboxylic acids is 1. The second-order valence-electron chi connectivity index (χ2n) is 5.97. The number of ketones is 1. The molecule has 0 aromatic heterocycles. The molecule has 0 N–H and O–H groups in total. The molecule has 0 amide bonds. The van der Waals surface area contributed by atoms with E-state index in [0.717, 1.165) is 24.0 Å². The lowest BCUT2D eigenvalue weighted by molar-refractivity contribution is -0.116. The summed E-state index contributed by atoms with van der Waals surface area (Å²) in [7, 11) is 6.35. The Morgan fingerprint density at radius 1 is 1.52 bits per heavy atom. The maximum absolute atomic E-state index is 12.3. The van der Waals surface area contributed by atoms with Crippen molar-refractivity contribution < 1.29 is 14.1 Å². The van der Waals surface area contributed by atoms with Crippen molar-refractivity contribution in [1.82, 2.24) is 0 Å². The van der Waals surface area contributed by atoms with E-state index in [9.17, 15) is 4.79 Å². The van der Waals surface area contributed by atoms with Gasteiger partial charge in [0.2, 0.25) is 0 Å². The van der Waals surface area contributed by atoms with Gasteiger partial charge in [-0.2, -0.15) is 0 Å². The molecule has 0 aromatic rings. The topological polar surface area (TPSA) is 35.5 Å². The van der Waals surface area contributed by atoms with Crippen molar-refractivity contribution in [3.8, 4) is 0 Å². The molecule has 5 heteroatoms. The first-order chi connectivity index (χ1) is 9.86. The van der Waals surface area contributed by atoms with E-state index < -0.39 is 14.1 Å². The average molecular weight is 308 g/mol. The van der Waals surface area contributed by atoms with E-state index in [4.69, 9.17) is 16.8 Å². The molecule has 0 heterocycles. The number of rotatable bonds is 7. The third-order valence-corrected chi connectivity index (χ3v) is 4.09. The Bertz CT molecular complexity index is 427. The minimum Gasteiger partial charge on any atom is -0.487 e. The Balaban J connectivity index is 2.91. The Labute approximate surface area is 131 Å². The second-order valence-corrected chi connectivity index (χ2v) is 7.24. The number of hydrogen-bond donors (Lipinski definition) is 0. The van der Waals surface area contributed by atoms with E-state index in [1.807, 2.05) is 13.6 Å². The molecular formula is C16H26BO3P. The summed E-state index contributed by atoms with van der Waals surface area (Å²) in [6.45, 7) is 8.29. The predicted octanol–water partition coefficient (Wildman–Crippen LogP) is 4.13. The highest BCUT2D eigenvalue weighted by Gasteiger charge is 2.31. The summed E-state index contributed by atoms with van der Waals surface area (Å²) in [5.74, 6) is 1.50. The first kappa shape index (κ1) is 18.5. The van der Waals surface area contributed by atoms with E-state index in [-0.39, 0.29) is 5.78 Å². The fraction of sp³-hybridized carbons (Fsp3) is 0.688. The molecule has 116 valence electrons. The van der Waals surface area contributed by atoms with Crippen molar-refractivity contribution in [2.45, 2.75) is 52.6 Å². The second kappa shape index (κ2) is 8.75. The van der Waals surface area contributed by atoms with Gasteiger partial charge in [0.1, 0.15) is 11.9 Å². The number of allylic oxidation sites excluding steroid dienone is 2. The zero-order valence-corrected chi connectivity index (χ0v) is 14.7. The van der Waals surface area contributed by atoms with E-state index in [2.05, 4.69) is 13.8 Å². The van der Waals surface area contributed by atoms with Crippen LogP contribution in [0.3, 0.4) is 0 Å². The van der Waals surface area contributed by atoms with Crippen molar-refractivity contribution >= 4 is 21.4 Å². The van der Waals surface area contributed by atoms with Crippen LogP contribution in [0.2, 0.25) is 0 Å². The van der Waals surface area contributed by atoms with Gasteiger partial charge in [-0.05, 0) is 38.4 Å². The van der Waals surface area contributed by atoms with Crippen molar-refractivity contribution in [3.05, 3.63) is 23.0 Å². The van der Waals surface area contributed by atoms with Crippen LogP contribution in [0.15, 0.2) is 23.0 Å². The van der Waals surface area contributed by atoms with Gasteiger partial charge in [0.15, 0.2) is 13.3 Å². The number of hydrogen-bond acceptors (Lipinski definition) is 3. The lowest BCUT2D eigenvalue weighted by Crippen LogP contribution is -2.28. The Morgan fingerprint density at radius 2 is 2.19 bits per heavy atom. The van der Waals surface area contributed by atoms with Gasteiger partial charge in [-0.15, -0.1) is 0 Å². The van der Waals surface area contributed by atoms with Crippen LogP contribution in [-0.2, 0) is 14.1 Å². The summed E-state index contributed by atoms with van der Waals surface area (Å²) in [6, 6.07) is 0. The van der Waals surface area contributed by atoms with E-state index in [1.54, 1.807) is 13.2 Å². The number of carbonyl (C=O) groups is 1. The molecule has 0 bridgehead atoms. The summed E-state index contributed by atoms with van der Waals surface area (Å²) < 4.78 is 11.2. The first-order valence-electron chi connectivity index (χ1n) is 7.48. The highest BCUT2D eigenvalue weighted by Crippen LogP contribution is 2.36. The minimum atomic E-state index is -1.01. The molecule has 0 aliphatic heterocycles. The molecule has 2 atom stereocenters. The van der Waals surface area contributed by atoms with Gasteiger partial charge in [0.25, 0.3) is 0 Å². The van der Waals surface area contributed by atoms with Crippen LogP contribution < -0.4 is 0 Å². The van der Waals surface area contributed by atoms with E-state index in [1.165, 1.54) is 6.42 Å². The molecule has 0 spiro atoms.